The number of ether oxygens (including phenoxy) is 3. The van der Waals surface area contributed by atoms with E-state index in [0.717, 1.165) is 11.1 Å². The van der Waals surface area contributed by atoms with E-state index in [0.29, 0.717) is 22.8 Å². The highest BCUT2D eigenvalue weighted by Crippen LogP contribution is 2.43. The Kier molecular flexibility index (Phi) is 4.65. The number of hydrogen-bond acceptors (Lipinski definition) is 4. The van der Waals surface area contributed by atoms with Gasteiger partial charge in [0.25, 0.3) is 0 Å². The number of hydrogen-bond donors (Lipinski definition) is 1. The Hall–Kier alpha value is -2.27. The van der Waals surface area contributed by atoms with Crippen LogP contribution in [0.15, 0.2) is 30.3 Å². The largest absolute Gasteiger partial charge is 0.496 e. The molecule has 0 aliphatic heterocycles. The lowest BCUT2D eigenvalue weighted by Crippen LogP contribution is -2.02. The standard InChI is InChI=1S/C16H18FNO3/c1-19-12-7-14(20-2)16(15(8-12)21-3)13-5-4-11(17)6-10(13)9-18/h4-8H,9,18H2,1-3H3. The number of methoxy groups -OCH3 is 3. The maximum atomic E-state index is 13.4. The van der Waals surface area contributed by atoms with Gasteiger partial charge in [0.15, 0.2) is 0 Å². The van der Waals surface area contributed by atoms with Crippen LogP contribution in [0.2, 0.25) is 0 Å². The second-order valence-corrected chi connectivity index (χ2v) is 4.41. The molecule has 0 fully saturated rings. The van der Waals surface area contributed by atoms with E-state index in [1.807, 2.05) is 0 Å². The van der Waals surface area contributed by atoms with Crippen LogP contribution in [-0.4, -0.2) is 21.3 Å². The predicted molar refractivity (Wildman–Crippen MR) is 79.4 cm³/mol. The highest BCUT2D eigenvalue weighted by Gasteiger charge is 2.18. The van der Waals surface area contributed by atoms with Crippen molar-refractivity contribution in [2.45, 2.75) is 6.54 Å². The van der Waals surface area contributed by atoms with E-state index in [-0.39, 0.29) is 12.4 Å². The normalized spacial score (nSPS) is 10.3. The summed E-state index contributed by atoms with van der Waals surface area (Å²) in [6.07, 6.45) is 0. The summed E-state index contributed by atoms with van der Waals surface area (Å²) >= 11 is 0. The molecule has 0 heterocycles. The second-order valence-electron chi connectivity index (χ2n) is 4.41. The third-order valence-electron chi connectivity index (χ3n) is 3.27. The quantitative estimate of drug-likeness (QED) is 0.920. The first-order chi connectivity index (χ1) is 10.1. The van der Waals surface area contributed by atoms with Crippen LogP contribution in [0.25, 0.3) is 11.1 Å². The smallest absolute Gasteiger partial charge is 0.134 e. The van der Waals surface area contributed by atoms with E-state index in [4.69, 9.17) is 19.9 Å². The Morgan fingerprint density at radius 3 is 2.05 bits per heavy atom. The summed E-state index contributed by atoms with van der Waals surface area (Å²) in [5, 5.41) is 0. The summed E-state index contributed by atoms with van der Waals surface area (Å²) in [6, 6.07) is 7.98. The van der Waals surface area contributed by atoms with Crippen molar-refractivity contribution in [1.82, 2.24) is 0 Å². The third kappa shape index (κ3) is 2.92. The fourth-order valence-corrected chi connectivity index (χ4v) is 2.25. The molecule has 0 unspecified atom stereocenters. The average molecular weight is 291 g/mol. The van der Waals surface area contributed by atoms with Crippen molar-refractivity contribution in [3.63, 3.8) is 0 Å². The van der Waals surface area contributed by atoms with E-state index in [2.05, 4.69) is 0 Å². The molecule has 0 radical (unpaired) electrons. The van der Waals surface area contributed by atoms with Gasteiger partial charge in [-0.2, -0.15) is 0 Å². The van der Waals surface area contributed by atoms with Crippen molar-refractivity contribution >= 4 is 0 Å². The molecule has 0 aliphatic rings. The third-order valence-corrected chi connectivity index (χ3v) is 3.27. The highest BCUT2D eigenvalue weighted by molar-refractivity contribution is 5.80. The van der Waals surface area contributed by atoms with Crippen LogP contribution in [0.5, 0.6) is 17.2 Å². The van der Waals surface area contributed by atoms with Crippen molar-refractivity contribution in [3.05, 3.63) is 41.7 Å². The lowest BCUT2D eigenvalue weighted by Gasteiger charge is -2.17. The van der Waals surface area contributed by atoms with Crippen molar-refractivity contribution in [2.24, 2.45) is 5.73 Å². The van der Waals surface area contributed by atoms with E-state index in [1.54, 1.807) is 39.5 Å². The first kappa shape index (κ1) is 15.1. The number of halogens is 1. The van der Waals surface area contributed by atoms with Gasteiger partial charge < -0.3 is 19.9 Å². The van der Waals surface area contributed by atoms with Crippen molar-refractivity contribution in [2.75, 3.05) is 21.3 Å². The molecule has 2 aromatic rings. The summed E-state index contributed by atoms with van der Waals surface area (Å²) in [7, 11) is 4.68. The molecule has 2 aromatic carbocycles. The Bertz CT molecular complexity index is 618. The SMILES string of the molecule is COc1cc(OC)c(-c2ccc(F)cc2CN)c(OC)c1. The predicted octanol–water partition coefficient (Wildman–Crippen LogP) is 2.98. The first-order valence-electron chi connectivity index (χ1n) is 6.43. The molecule has 0 amide bonds. The minimum Gasteiger partial charge on any atom is -0.496 e. The number of benzene rings is 2. The summed E-state index contributed by atoms with van der Waals surface area (Å²) in [5.41, 5.74) is 7.90. The Labute approximate surface area is 123 Å². The van der Waals surface area contributed by atoms with Gasteiger partial charge >= 0.3 is 0 Å². The molecule has 2 rings (SSSR count). The molecule has 0 aliphatic carbocycles. The van der Waals surface area contributed by atoms with E-state index in [9.17, 15) is 4.39 Å². The molecule has 0 bridgehead atoms. The lowest BCUT2D eigenvalue weighted by molar-refractivity contribution is 0.377. The zero-order valence-electron chi connectivity index (χ0n) is 12.3. The van der Waals surface area contributed by atoms with Gasteiger partial charge in [0.05, 0.1) is 26.9 Å². The minimum absolute atomic E-state index is 0.214. The molecule has 0 saturated heterocycles. The molecule has 112 valence electrons. The van der Waals surface area contributed by atoms with Gasteiger partial charge in [0.1, 0.15) is 23.1 Å². The van der Waals surface area contributed by atoms with Crippen LogP contribution in [0.3, 0.4) is 0 Å². The van der Waals surface area contributed by atoms with Crippen LogP contribution >= 0.6 is 0 Å². The second kappa shape index (κ2) is 6.45. The van der Waals surface area contributed by atoms with E-state index in [1.165, 1.54) is 12.1 Å². The van der Waals surface area contributed by atoms with Crippen LogP contribution < -0.4 is 19.9 Å². The van der Waals surface area contributed by atoms with E-state index < -0.39 is 0 Å². The molecular weight excluding hydrogens is 273 g/mol. The fourth-order valence-electron chi connectivity index (χ4n) is 2.25. The molecule has 21 heavy (non-hydrogen) atoms. The molecule has 0 aromatic heterocycles. The van der Waals surface area contributed by atoms with Crippen LogP contribution in [0, 0.1) is 5.82 Å². The minimum atomic E-state index is -0.328. The summed E-state index contributed by atoms with van der Waals surface area (Å²) < 4.78 is 29.5. The topological polar surface area (TPSA) is 53.7 Å². The van der Waals surface area contributed by atoms with Crippen LogP contribution in [0.4, 0.5) is 4.39 Å². The van der Waals surface area contributed by atoms with Gasteiger partial charge in [-0.3, -0.25) is 0 Å². The summed E-state index contributed by atoms with van der Waals surface area (Å²) in [6.45, 7) is 0.214. The van der Waals surface area contributed by atoms with Crippen molar-refractivity contribution in [3.8, 4) is 28.4 Å². The zero-order chi connectivity index (χ0) is 15.4. The molecule has 4 nitrogen and oxygen atoms in total. The van der Waals surface area contributed by atoms with Gasteiger partial charge in [-0.15, -0.1) is 0 Å². The number of nitrogens with two attached hydrogens (primary N) is 1. The molecule has 0 spiro atoms. The van der Waals surface area contributed by atoms with Crippen LogP contribution in [-0.2, 0) is 6.54 Å². The fraction of sp³-hybridized carbons (Fsp3) is 0.250. The summed E-state index contributed by atoms with van der Waals surface area (Å²) in [5.74, 6) is 1.44. The Morgan fingerprint density at radius 2 is 1.57 bits per heavy atom. The maximum Gasteiger partial charge on any atom is 0.134 e. The number of rotatable bonds is 5. The zero-order valence-corrected chi connectivity index (χ0v) is 12.3. The van der Waals surface area contributed by atoms with Gasteiger partial charge in [0, 0.05) is 18.7 Å². The Morgan fingerprint density at radius 1 is 0.952 bits per heavy atom. The first-order valence-corrected chi connectivity index (χ1v) is 6.43. The van der Waals surface area contributed by atoms with Gasteiger partial charge in [0.2, 0.25) is 0 Å². The molecule has 2 N–H and O–H groups in total. The molecule has 0 atom stereocenters. The van der Waals surface area contributed by atoms with Crippen molar-refractivity contribution < 1.29 is 18.6 Å². The van der Waals surface area contributed by atoms with Crippen LogP contribution in [0.1, 0.15) is 5.56 Å². The monoisotopic (exact) mass is 291 g/mol. The van der Waals surface area contributed by atoms with Gasteiger partial charge in [-0.1, -0.05) is 6.07 Å². The molecule has 5 heteroatoms. The van der Waals surface area contributed by atoms with Crippen molar-refractivity contribution in [1.29, 1.82) is 0 Å². The summed E-state index contributed by atoms with van der Waals surface area (Å²) in [4.78, 5) is 0. The lowest BCUT2D eigenvalue weighted by atomic mass is 9.97. The van der Waals surface area contributed by atoms with Gasteiger partial charge in [-0.25, -0.2) is 4.39 Å². The average Bonchev–Trinajstić information content (AvgIpc) is 2.53. The van der Waals surface area contributed by atoms with Gasteiger partial charge in [-0.05, 0) is 23.3 Å². The molecular formula is C16H18FNO3. The molecule has 0 saturated carbocycles. The Balaban J connectivity index is 2.73. The maximum absolute atomic E-state index is 13.4. The highest BCUT2D eigenvalue weighted by atomic mass is 19.1. The van der Waals surface area contributed by atoms with E-state index >= 15 is 0 Å².